The van der Waals surface area contributed by atoms with Crippen LogP contribution in [0.1, 0.15) is 46.2 Å². The molecule has 0 radical (unpaired) electrons. The molecule has 3 N–H and O–H groups in total. The molecular weight excluding hydrogens is 427 g/mol. The second kappa shape index (κ2) is 9.51. The Kier molecular flexibility index (Phi) is 6.95. The standard InChI is InChI=1S/C23H31FN6O3/c1-14(12-26-22(31)33-23(3,4)5)32-19-8-7-16(24)11-17(19)15(2)29(6)20-9-10-30-21(28-20)18(25)13-27-30/h7-11,13-15H,12,25H2,1-6H3,(H,26,31)/t14-,15+/m0/s1. The van der Waals surface area contributed by atoms with Crippen molar-refractivity contribution in [1.29, 1.82) is 0 Å². The Labute approximate surface area is 192 Å². The molecule has 2 atom stereocenters. The van der Waals surface area contributed by atoms with E-state index in [0.717, 1.165) is 0 Å². The van der Waals surface area contributed by atoms with Crippen LogP contribution in [0.5, 0.6) is 5.75 Å². The Morgan fingerprint density at radius 3 is 2.73 bits per heavy atom. The molecule has 0 aliphatic carbocycles. The van der Waals surface area contributed by atoms with E-state index in [1.165, 1.54) is 12.1 Å². The number of carbonyl (C=O) groups is 1. The zero-order valence-electron chi connectivity index (χ0n) is 19.8. The number of nitrogens with zero attached hydrogens (tertiary/aromatic N) is 4. The van der Waals surface area contributed by atoms with Gasteiger partial charge in [-0.3, -0.25) is 0 Å². The number of aromatic nitrogens is 3. The fraction of sp³-hybridized carbons (Fsp3) is 0.435. The maximum absolute atomic E-state index is 14.2. The van der Waals surface area contributed by atoms with Crippen LogP contribution >= 0.6 is 0 Å². The van der Waals surface area contributed by atoms with Crippen LogP contribution in [0.4, 0.5) is 20.7 Å². The van der Waals surface area contributed by atoms with Crippen LogP contribution in [0, 0.1) is 5.82 Å². The quantitative estimate of drug-likeness (QED) is 0.552. The number of rotatable bonds is 7. The lowest BCUT2D eigenvalue weighted by molar-refractivity contribution is 0.0504. The van der Waals surface area contributed by atoms with Gasteiger partial charge in [-0.05, 0) is 58.9 Å². The van der Waals surface area contributed by atoms with Gasteiger partial charge in [0.2, 0.25) is 0 Å². The number of halogens is 1. The molecule has 178 valence electrons. The van der Waals surface area contributed by atoms with Crippen molar-refractivity contribution in [2.24, 2.45) is 0 Å². The van der Waals surface area contributed by atoms with Crippen molar-refractivity contribution < 1.29 is 18.7 Å². The van der Waals surface area contributed by atoms with E-state index in [0.29, 0.717) is 28.5 Å². The molecule has 1 aromatic carbocycles. The predicted octanol–water partition coefficient (Wildman–Crippen LogP) is 3.94. The van der Waals surface area contributed by atoms with Gasteiger partial charge in [0.15, 0.2) is 5.65 Å². The van der Waals surface area contributed by atoms with E-state index >= 15 is 0 Å². The summed E-state index contributed by atoms with van der Waals surface area (Å²) in [6.45, 7) is 9.36. The Morgan fingerprint density at radius 1 is 1.30 bits per heavy atom. The molecule has 9 nitrogen and oxygen atoms in total. The van der Waals surface area contributed by atoms with Gasteiger partial charge >= 0.3 is 6.09 Å². The lowest BCUT2D eigenvalue weighted by atomic mass is 10.1. The van der Waals surface area contributed by atoms with Gasteiger partial charge in [0.25, 0.3) is 0 Å². The van der Waals surface area contributed by atoms with E-state index in [1.54, 1.807) is 43.7 Å². The number of benzene rings is 1. The van der Waals surface area contributed by atoms with Gasteiger partial charge in [-0.2, -0.15) is 5.10 Å². The van der Waals surface area contributed by atoms with Crippen LogP contribution in [0.3, 0.4) is 0 Å². The minimum absolute atomic E-state index is 0.231. The summed E-state index contributed by atoms with van der Waals surface area (Å²) in [6.07, 6.45) is 2.41. The normalized spacial score (nSPS) is 13.4. The maximum Gasteiger partial charge on any atom is 0.407 e. The Balaban J connectivity index is 1.75. The van der Waals surface area contributed by atoms with Crippen molar-refractivity contribution in [3.63, 3.8) is 0 Å². The highest BCUT2D eigenvalue weighted by Crippen LogP contribution is 2.32. The van der Waals surface area contributed by atoms with Crippen molar-refractivity contribution in [2.45, 2.75) is 52.4 Å². The molecule has 2 heterocycles. The van der Waals surface area contributed by atoms with Crippen molar-refractivity contribution in [1.82, 2.24) is 19.9 Å². The van der Waals surface area contributed by atoms with Gasteiger partial charge in [-0.1, -0.05) is 0 Å². The van der Waals surface area contributed by atoms with Crippen LogP contribution in [-0.2, 0) is 4.74 Å². The predicted molar refractivity (Wildman–Crippen MR) is 125 cm³/mol. The zero-order chi connectivity index (χ0) is 24.3. The van der Waals surface area contributed by atoms with E-state index in [4.69, 9.17) is 15.2 Å². The molecule has 1 amide bonds. The number of nitrogens with one attached hydrogen (secondary N) is 1. The van der Waals surface area contributed by atoms with Crippen molar-refractivity contribution in [2.75, 3.05) is 24.2 Å². The Bertz CT molecular complexity index is 1130. The van der Waals surface area contributed by atoms with Gasteiger partial charge in [0, 0.05) is 18.8 Å². The molecule has 0 bridgehead atoms. The first-order chi connectivity index (χ1) is 15.4. The first-order valence-electron chi connectivity index (χ1n) is 10.7. The average molecular weight is 459 g/mol. The number of ether oxygens (including phenoxy) is 2. The van der Waals surface area contributed by atoms with E-state index in [1.807, 2.05) is 31.9 Å². The molecule has 3 aromatic rings. The first-order valence-corrected chi connectivity index (χ1v) is 10.7. The van der Waals surface area contributed by atoms with Crippen LogP contribution < -0.4 is 20.7 Å². The molecule has 10 heteroatoms. The molecule has 0 saturated carbocycles. The number of nitrogens with two attached hydrogens (primary N) is 1. The smallest absolute Gasteiger partial charge is 0.407 e. The van der Waals surface area contributed by atoms with Crippen molar-refractivity contribution in [3.8, 4) is 5.75 Å². The van der Waals surface area contributed by atoms with E-state index in [-0.39, 0.29) is 24.5 Å². The summed E-state index contributed by atoms with van der Waals surface area (Å²) in [4.78, 5) is 18.4. The Morgan fingerprint density at radius 2 is 2.03 bits per heavy atom. The molecule has 0 spiro atoms. The van der Waals surface area contributed by atoms with Gasteiger partial charge in [0.05, 0.1) is 24.5 Å². The number of fused-ring (bicyclic) bond motifs is 1. The molecule has 0 aliphatic rings. The van der Waals surface area contributed by atoms with Gasteiger partial charge in [-0.25, -0.2) is 18.7 Å². The average Bonchev–Trinajstić information content (AvgIpc) is 3.11. The Hall–Kier alpha value is -3.56. The van der Waals surface area contributed by atoms with Gasteiger partial charge < -0.3 is 25.4 Å². The molecule has 33 heavy (non-hydrogen) atoms. The number of hydrogen-bond acceptors (Lipinski definition) is 7. The molecule has 0 aliphatic heterocycles. The fourth-order valence-corrected chi connectivity index (χ4v) is 3.23. The molecular formula is C23H31FN6O3. The topological polar surface area (TPSA) is 107 Å². The van der Waals surface area contributed by atoms with Gasteiger partial charge in [0.1, 0.15) is 29.1 Å². The summed E-state index contributed by atoms with van der Waals surface area (Å²) in [5, 5.41) is 6.82. The lowest BCUT2D eigenvalue weighted by Gasteiger charge is -2.29. The van der Waals surface area contributed by atoms with Crippen molar-refractivity contribution in [3.05, 3.63) is 48.0 Å². The number of anilines is 2. The zero-order valence-corrected chi connectivity index (χ0v) is 19.8. The van der Waals surface area contributed by atoms with Crippen LogP contribution in [0.15, 0.2) is 36.7 Å². The summed E-state index contributed by atoms with van der Waals surface area (Å²) in [5.41, 5.74) is 7.02. The second-order valence-electron chi connectivity index (χ2n) is 8.93. The summed E-state index contributed by atoms with van der Waals surface area (Å²) in [7, 11) is 1.86. The molecule has 3 rings (SSSR count). The summed E-state index contributed by atoms with van der Waals surface area (Å²) < 4.78 is 27.0. The maximum atomic E-state index is 14.2. The summed E-state index contributed by atoms with van der Waals surface area (Å²) >= 11 is 0. The lowest BCUT2D eigenvalue weighted by Crippen LogP contribution is -2.37. The number of nitrogen functional groups attached to an aromatic ring is 1. The second-order valence-corrected chi connectivity index (χ2v) is 8.93. The SMILES string of the molecule is C[C@H](c1cc(F)ccc1O[C@@H](C)CNC(=O)OC(C)(C)C)N(C)c1ccn2ncc(N)c2n1. The van der Waals surface area contributed by atoms with Gasteiger partial charge in [-0.15, -0.1) is 0 Å². The third kappa shape index (κ3) is 6.03. The molecule has 0 unspecified atom stereocenters. The van der Waals surface area contributed by atoms with E-state index in [9.17, 15) is 9.18 Å². The van der Waals surface area contributed by atoms with Crippen LogP contribution in [0.25, 0.3) is 5.65 Å². The highest BCUT2D eigenvalue weighted by Gasteiger charge is 2.21. The fourth-order valence-electron chi connectivity index (χ4n) is 3.23. The minimum atomic E-state index is -0.586. The number of carbonyl (C=O) groups excluding carboxylic acids is 1. The van der Waals surface area contributed by atoms with Crippen LogP contribution in [0.2, 0.25) is 0 Å². The molecule has 0 saturated heterocycles. The minimum Gasteiger partial charge on any atom is -0.489 e. The number of alkyl carbamates (subject to hydrolysis) is 1. The van der Waals surface area contributed by atoms with Crippen LogP contribution in [-0.4, -0.2) is 46.0 Å². The third-order valence-electron chi connectivity index (χ3n) is 5.01. The highest BCUT2D eigenvalue weighted by atomic mass is 19.1. The monoisotopic (exact) mass is 458 g/mol. The van der Waals surface area contributed by atoms with E-state index in [2.05, 4.69) is 15.4 Å². The molecule has 0 fully saturated rings. The summed E-state index contributed by atoms with van der Waals surface area (Å²) in [5.74, 6) is 0.789. The van der Waals surface area contributed by atoms with Crippen molar-refractivity contribution >= 4 is 23.2 Å². The highest BCUT2D eigenvalue weighted by molar-refractivity contribution is 5.67. The largest absolute Gasteiger partial charge is 0.489 e. The summed E-state index contributed by atoms with van der Waals surface area (Å²) in [6, 6.07) is 5.90. The van der Waals surface area contributed by atoms with E-state index < -0.39 is 11.7 Å². The number of hydrogen-bond donors (Lipinski definition) is 2. The third-order valence-corrected chi connectivity index (χ3v) is 5.01. The first kappa shape index (κ1) is 24.1. The number of amides is 1. The molecule has 2 aromatic heterocycles.